The second kappa shape index (κ2) is 23.0. The van der Waals surface area contributed by atoms with Crippen LogP contribution in [0, 0.1) is 0 Å². The summed E-state index contributed by atoms with van der Waals surface area (Å²) in [6, 6.07) is 30.5. The van der Waals surface area contributed by atoms with Crippen LogP contribution in [0.3, 0.4) is 0 Å². The Bertz CT molecular complexity index is 972. The topological polar surface area (TPSA) is 3.24 Å². The Kier molecular flexibility index (Phi) is 18.6. The average Bonchev–Trinajstić information content (AvgIpc) is 3.03. The second-order valence-electron chi connectivity index (χ2n) is 12.5. The van der Waals surface area contributed by atoms with Crippen molar-refractivity contribution in [1.82, 2.24) is 0 Å². The van der Waals surface area contributed by atoms with Crippen LogP contribution in [0.5, 0.6) is 0 Å². The van der Waals surface area contributed by atoms with Gasteiger partial charge >= 0.3 is 0 Å². The van der Waals surface area contributed by atoms with Crippen LogP contribution in [0.15, 0.2) is 84.9 Å². The van der Waals surface area contributed by atoms with E-state index in [9.17, 15) is 0 Å². The van der Waals surface area contributed by atoms with Gasteiger partial charge in [-0.25, -0.2) is 0 Å². The van der Waals surface area contributed by atoms with Crippen molar-refractivity contribution in [2.24, 2.45) is 0 Å². The Hall–Kier alpha value is -2.54. The van der Waals surface area contributed by atoms with Crippen LogP contribution in [-0.2, 0) is 6.42 Å². The molecule has 0 amide bonds. The molecule has 0 aliphatic heterocycles. The van der Waals surface area contributed by atoms with Gasteiger partial charge in [0, 0.05) is 17.1 Å². The van der Waals surface area contributed by atoms with Crippen molar-refractivity contribution in [3.8, 4) is 0 Å². The van der Waals surface area contributed by atoms with Gasteiger partial charge in [0.25, 0.3) is 0 Å². The molecule has 0 aromatic heterocycles. The molecule has 0 N–H and O–H groups in total. The van der Waals surface area contributed by atoms with Crippen LogP contribution >= 0.6 is 0 Å². The third-order valence-electron chi connectivity index (χ3n) is 8.81. The fourth-order valence-corrected chi connectivity index (χ4v) is 6.27. The highest BCUT2D eigenvalue weighted by atomic mass is 15.1. The zero-order valence-corrected chi connectivity index (χ0v) is 27.1. The SMILES string of the molecule is CCCCCCCCCCCCCCCCCCCCCCCc1ccccc1N(c1ccccc1)c1ccccc1. The maximum Gasteiger partial charge on any atom is 0.0493 e. The summed E-state index contributed by atoms with van der Waals surface area (Å²) in [4.78, 5) is 2.41. The molecule has 0 bridgehead atoms. The molecule has 3 rings (SSSR count). The third-order valence-corrected chi connectivity index (χ3v) is 8.81. The molecule has 0 fully saturated rings. The van der Waals surface area contributed by atoms with E-state index in [2.05, 4.69) is 96.8 Å². The minimum absolute atomic E-state index is 1.14. The van der Waals surface area contributed by atoms with Crippen LogP contribution < -0.4 is 4.90 Å². The van der Waals surface area contributed by atoms with Gasteiger partial charge in [-0.05, 0) is 48.7 Å². The van der Waals surface area contributed by atoms with Crippen molar-refractivity contribution >= 4 is 17.1 Å². The molecule has 1 nitrogen and oxygen atoms in total. The van der Waals surface area contributed by atoms with Crippen molar-refractivity contribution in [2.45, 2.75) is 148 Å². The predicted molar refractivity (Wildman–Crippen MR) is 187 cm³/mol. The molecule has 0 unspecified atom stereocenters. The molecular formula is C41H61N. The number of hydrogen-bond donors (Lipinski definition) is 0. The smallest absolute Gasteiger partial charge is 0.0493 e. The van der Waals surface area contributed by atoms with Gasteiger partial charge in [-0.15, -0.1) is 0 Å². The first-order valence-electron chi connectivity index (χ1n) is 17.9. The maximum absolute atomic E-state index is 2.41. The molecule has 0 heterocycles. The Labute approximate surface area is 260 Å². The van der Waals surface area contributed by atoms with E-state index in [0.29, 0.717) is 0 Å². The fourth-order valence-electron chi connectivity index (χ4n) is 6.27. The lowest BCUT2D eigenvalue weighted by Crippen LogP contribution is -2.12. The minimum atomic E-state index is 1.14. The summed E-state index contributed by atoms with van der Waals surface area (Å²) in [6.45, 7) is 2.30. The number of aryl methyl sites for hydroxylation is 1. The number of para-hydroxylation sites is 3. The molecule has 230 valence electrons. The number of unbranched alkanes of at least 4 members (excludes halogenated alkanes) is 20. The van der Waals surface area contributed by atoms with Crippen molar-refractivity contribution < 1.29 is 0 Å². The summed E-state index contributed by atoms with van der Waals surface area (Å²) >= 11 is 0. The highest BCUT2D eigenvalue weighted by Crippen LogP contribution is 2.36. The third kappa shape index (κ3) is 14.1. The molecule has 1 heteroatoms. The lowest BCUT2D eigenvalue weighted by Gasteiger charge is -2.27. The summed E-state index contributed by atoms with van der Waals surface area (Å²) in [6.07, 6.45) is 31.2. The minimum Gasteiger partial charge on any atom is -0.310 e. The summed E-state index contributed by atoms with van der Waals surface area (Å²) in [7, 11) is 0. The van der Waals surface area contributed by atoms with Crippen molar-refractivity contribution in [1.29, 1.82) is 0 Å². The average molecular weight is 568 g/mol. The fraction of sp³-hybridized carbons (Fsp3) is 0.561. The van der Waals surface area contributed by atoms with Crippen LogP contribution in [0.1, 0.15) is 147 Å². The summed E-state index contributed by atoms with van der Waals surface area (Å²) in [5.74, 6) is 0. The van der Waals surface area contributed by atoms with E-state index in [-0.39, 0.29) is 0 Å². The molecule has 0 aliphatic rings. The van der Waals surface area contributed by atoms with Crippen molar-refractivity contribution in [2.75, 3.05) is 4.90 Å². The van der Waals surface area contributed by atoms with Gasteiger partial charge in [0.05, 0.1) is 0 Å². The van der Waals surface area contributed by atoms with Gasteiger partial charge in [-0.2, -0.15) is 0 Å². The number of benzene rings is 3. The Morgan fingerprint density at radius 2 is 0.690 bits per heavy atom. The maximum atomic E-state index is 2.41. The molecule has 0 saturated carbocycles. The zero-order valence-electron chi connectivity index (χ0n) is 27.1. The number of nitrogens with zero attached hydrogens (tertiary/aromatic N) is 1. The Morgan fingerprint density at radius 3 is 1.10 bits per heavy atom. The van der Waals surface area contributed by atoms with Gasteiger partial charge in [0.15, 0.2) is 0 Å². The normalized spacial score (nSPS) is 11.2. The Morgan fingerprint density at radius 1 is 0.357 bits per heavy atom. The standard InChI is InChI=1S/C41H61N/c1-2-3-4-5-6-7-8-9-10-11-12-13-14-15-16-17-18-19-20-21-24-31-38-32-29-30-37-41(38)42(39-33-25-22-26-34-39)40-35-27-23-28-36-40/h22-23,25-30,32-37H,2-21,24,31H2,1H3. The van der Waals surface area contributed by atoms with E-state index in [1.54, 1.807) is 0 Å². The molecule has 42 heavy (non-hydrogen) atoms. The monoisotopic (exact) mass is 567 g/mol. The number of hydrogen-bond acceptors (Lipinski definition) is 1. The number of anilines is 3. The summed E-state index contributed by atoms with van der Waals surface area (Å²) < 4.78 is 0. The van der Waals surface area contributed by atoms with Gasteiger partial charge in [0.2, 0.25) is 0 Å². The zero-order chi connectivity index (χ0) is 29.3. The summed E-state index contributed by atoms with van der Waals surface area (Å²) in [5, 5.41) is 0. The van der Waals surface area contributed by atoms with E-state index in [1.165, 1.54) is 157 Å². The van der Waals surface area contributed by atoms with E-state index < -0.39 is 0 Å². The van der Waals surface area contributed by atoms with E-state index in [4.69, 9.17) is 0 Å². The van der Waals surface area contributed by atoms with E-state index >= 15 is 0 Å². The first-order valence-corrected chi connectivity index (χ1v) is 17.9. The highest BCUT2D eigenvalue weighted by molar-refractivity contribution is 5.78. The molecule has 0 saturated heterocycles. The highest BCUT2D eigenvalue weighted by Gasteiger charge is 2.15. The summed E-state index contributed by atoms with van der Waals surface area (Å²) in [5.41, 5.74) is 5.19. The van der Waals surface area contributed by atoms with Crippen molar-refractivity contribution in [3.63, 3.8) is 0 Å². The first kappa shape index (κ1) is 34.0. The van der Waals surface area contributed by atoms with Crippen LogP contribution in [0.25, 0.3) is 0 Å². The number of rotatable bonds is 25. The van der Waals surface area contributed by atoms with Crippen LogP contribution in [-0.4, -0.2) is 0 Å². The van der Waals surface area contributed by atoms with Gasteiger partial charge in [-0.3, -0.25) is 0 Å². The van der Waals surface area contributed by atoms with Gasteiger partial charge in [-0.1, -0.05) is 190 Å². The lowest BCUT2D eigenvalue weighted by atomic mass is 10.0. The lowest BCUT2D eigenvalue weighted by molar-refractivity contribution is 0.520. The molecule has 0 atom stereocenters. The van der Waals surface area contributed by atoms with E-state index in [1.807, 2.05) is 0 Å². The largest absolute Gasteiger partial charge is 0.310 e. The van der Waals surface area contributed by atoms with Crippen LogP contribution in [0.2, 0.25) is 0 Å². The Balaban J connectivity index is 1.20. The molecule has 0 spiro atoms. The first-order chi connectivity index (χ1) is 20.9. The molecular weight excluding hydrogens is 506 g/mol. The quantitative estimate of drug-likeness (QED) is 0.0920. The molecule has 0 radical (unpaired) electrons. The van der Waals surface area contributed by atoms with E-state index in [0.717, 1.165) is 6.42 Å². The van der Waals surface area contributed by atoms with Gasteiger partial charge < -0.3 is 4.90 Å². The van der Waals surface area contributed by atoms with Crippen LogP contribution in [0.4, 0.5) is 17.1 Å². The predicted octanol–water partition coefficient (Wildman–Crippen LogP) is 13.9. The second-order valence-corrected chi connectivity index (χ2v) is 12.5. The molecule has 3 aromatic rings. The van der Waals surface area contributed by atoms with Gasteiger partial charge in [0.1, 0.15) is 0 Å². The molecule has 0 aliphatic carbocycles. The molecule has 3 aromatic carbocycles. The van der Waals surface area contributed by atoms with Crippen molar-refractivity contribution in [3.05, 3.63) is 90.5 Å².